The molecule has 3 heteroatoms. The molecule has 0 heterocycles. The van der Waals surface area contributed by atoms with Crippen LogP contribution in [0.3, 0.4) is 0 Å². The topological polar surface area (TPSA) is 20.2 Å². The zero-order valence-electron chi connectivity index (χ0n) is 8.44. The Balaban J connectivity index is 0.00000112. The number of aromatic hydroxyl groups is 1. The van der Waals surface area contributed by atoms with Crippen molar-refractivity contribution < 1.29 is 5.11 Å². The van der Waals surface area contributed by atoms with Crippen LogP contribution in [0.4, 0.5) is 0 Å². The summed E-state index contributed by atoms with van der Waals surface area (Å²) in [5.41, 5.74) is 1.73. The van der Waals surface area contributed by atoms with Crippen molar-refractivity contribution in [1.29, 1.82) is 0 Å². The first-order valence-corrected chi connectivity index (χ1v) is 4.70. The second kappa shape index (κ2) is 6.04. The van der Waals surface area contributed by atoms with Crippen molar-refractivity contribution in [3.63, 3.8) is 0 Å². The number of benzene rings is 2. The predicted octanol–water partition coefficient (Wildman–Crippen LogP) is 3.33. The smallest absolute Gasteiger partial charge is 0.141 e. The van der Waals surface area contributed by atoms with E-state index < -0.39 is 0 Å². The van der Waals surface area contributed by atoms with Crippen molar-refractivity contribution in [1.82, 2.24) is 0 Å². The minimum Gasteiger partial charge on any atom is -0.506 e. The third-order valence-corrected chi connectivity index (χ3v) is 2.38. The Hall–Kier alpha value is 0.166. The van der Waals surface area contributed by atoms with Gasteiger partial charge in [-0.05, 0) is 11.6 Å². The van der Waals surface area contributed by atoms with Crippen LogP contribution in [0.2, 0.25) is 5.02 Å². The Kier molecular flexibility index (Phi) is 5.33. The Bertz CT molecular complexity index is 443. The molecule has 0 aliphatic carbocycles. The van der Waals surface area contributed by atoms with Crippen LogP contribution in [0.5, 0.6) is 5.75 Å². The molecule has 15 heavy (non-hydrogen) atoms. The van der Waals surface area contributed by atoms with E-state index in [-0.39, 0.29) is 57.1 Å². The second-order valence-electron chi connectivity index (χ2n) is 3.00. The molecule has 0 bridgehead atoms. The number of para-hydroxylation sites is 1. The number of halogens is 1. The molecule has 1 nitrogen and oxygen atoms in total. The minimum absolute atomic E-state index is 0. The van der Waals surface area contributed by atoms with Gasteiger partial charge in [-0.3, -0.25) is 0 Å². The van der Waals surface area contributed by atoms with Gasteiger partial charge in [0.05, 0.1) is 5.02 Å². The summed E-state index contributed by atoms with van der Waals surface area (Å²) in [5, 5.41) is 10.1. The van der Waals surface area contributed by atoms with E-state index in [0.29, 0.717) is 5.02 Å². The Morgan fingerprint density at radius 2 is 1.53 bits per heavy atom. The molecule has 1 radical (unpaired) electrons. The average molecular weight is 244 g/mol. The van der Waals surface area contributed by atoms with E-state index in [9.17, 15) is 5.11 Å². The number of phenols is 1. The van der Waals surface area contributed by atoms with Crippen molar-refractivity contribution >= 4 is 63.0 Å². The van der Waals surface area contributed by atoms with Crippen molar-refractivity contribution in [3.8, 4) is 16.9 Å². The van der Waals surface area contributed by atoms with Crippen LogP contribution in [-0.4, -0.2) is 56.5 Å². The van der Waals surface area contributed by atoms with E-state index in [0.717, 1.165) is 11.1 Å². The van der Waals surface area contributed by atoms with Crippen LogP contribution in [0.1, 0.15) is 0 Å². The van der Waals surface area contributed by atoms with Crippen LogP contribution in [-0.2, 0) is 0 Å². The van der Waals surface area contributed by atoms with Crippen LogP contribution < -0.4 is 0 Å². The fourth-order valence-electron chi connectivity index (χ4n) is 1.37. The van der Waals surface area contributed by atoms with Crippen molar-refractivity contribution in [2.45, 2.75) is 0 Å². The van der Waals surface area contributed by atoms with Gasteiger partial charge in [-0.2, -0.15) is 0 Å². The summed E-state index contributed by atoms with van der Waals surface area (Å²) in [7, 11) is 0. The van der Waals surface area contributed by atoms with Gasteiger partial charge in [0.25, 0.3) is 0 Å². The fraction of sp³-hybridized carbons (Fsp3) is 0. The summed E-state index contributed by atoms with van der Waals surface area (Å²) >= 11 is 5.81. The number of hydrogen-bond donors (Lipinski definition) is 1. The maximum atomic E-state index is 9.72. The molecule has 0 atom stereocenters. The summed E-state index contributed by atoms with van der Waals surface area (Å²) in [6, 6.07) is 15.0. The van der Waals surface area contributed by atoms with Gasteiger partial charge in [-0.15, -0.1) is 0 Å². The molecular weight excluding hydrogens is 235 g/mol. The van der Waals surface area contributed by atoms with Gasteiger partial charge < -0.3 is 5.11 Å². The van der Waals surface area contributed by atoms with Crippen molar-refractivity contribution in [2.75, 3.05) is 0 Å². The quantitative estimate of drug-likeness (QED) is 0.762. The third-order valence-electron chi connectivity index (χ3n) is 2.07. The van der Waals surface area contributed by atoms with Gasteiger partial charge in [0, 0.05) is 56.9 Å². The molecule has 2 rings (SSSR count). The fourth-order valence-corrected chi connectivity index (χ4v) is 1.54. The number of phenolic OH excluding ortho intramolecular Hbond substituents is 1. The molecule has 0 spiro atoms. The predicted molar refractivity (Wildman–Crippen MR) is 64.3 cm³/mol. The third kappa shape index (κ3) is 3.06. The van der Waals surface area contributed by atoms with Crippen LogP contribution in [0.15, 0.2) is 48.5 Å². The van der Waals surface area contributed by atoms with E-state index in [1.165, 1.54) is 0 Å². The molecule has 0 fully saturated rings. The maximum Gasteiger partial charge on any atom is 0.141 e. The molecule has 2 aromatic rings. The molecule has 0 saturated carbocycles. The molecule has 0 amide bonds. The summed E-state index contributed by atoms with van der Waals surface area (Å²) < 4.78 is 0. The largest absolute Gasteiger partial charge is 0.506 e. The Morgan fingerprint density at radius 3 is 2.20 bits per heavy atom. The van der Waals surface area contributed by atoms with E-state index in [1.54, 1.807) is 6.07 Å². The minimum atomic E-state index is 0. The van der Waals surface area contributed by atoms with Gasteiger partial charge in [0.1, 0.15) is 5.75 Å². The van der Waals surface area contributed by atoms with Crippen LogP contribution in [0.25, 0.3) is 11.1 Å². The standard InChI is InChI=1S/C12H9ClO.K/c13-11-8-4-7-10(12(11)14)9-5-2-1-3-6-9;/h1-8,14H;. The Morgan fingerprint density at radius 1 is 0.867 bits per heavy atom. The van der Waals surface area contributed by atoms with E-state index in [2.05, 4.69) is 0 Å². The first kappa shape index (κ1) is 13.2. The summed E-state index contributed by atoms with van der Waals surface area (Å²) in [6.07, 6.45) is 0. The maximum absolute atomic E-state index is 9.72. The number of rotatable bonds is 1. The van der Waals surface area contributed by atoms with E-state index in [4.69, 9.17) is 11.6 Å². The van der Waals surface area contributed by atoms with Gasteiger partial charge in [0.2, 0.25) is 0 Å². The van der Waals surface area contributed by atoms with Crippen LogP contribution in [0, 0.1) is 0 Å². The zero-order valence-corrected chi connectivity index (χ0v) is 12.3. The SMILES string of the molecule is Oc1c(Cl)cccc1-c1ccccc1.[K]. The molecule has 0 saturated heterocycles. The first-order valence-electron chi connectivity index (χ1n) is 4.32. The molecule has 1 N–H and O–H groups in total. The molecule has 0 aliphatic heterocycles. The van der Waals surface area contributed by atoms with Gasteiger partial charge in [-0.1, -0.05) is 54.1 Å². The molecule has 0 aliphatic rings. The van der Waals surface area contributed by atoms with E-state index >= 15 is 0 Å². The molecule has 0 unspecified atom stereocenters. The van der Waals surface area contributed by atoms with Crippen LogP contribution >= 0.6 is 11.6 Å². The molecule has 0 aromatic heterocycles. The van der Waals surface area contributed by atoms with Gasteiger partial charge in [-0.25, -0.2) is 0 Å². The second-order valence-corrected chi connectivity index (χ2v) is 3.41. The van der Waals surface area contributed by atoms with Crippen molar-refractivity contribution in [3.05, 3.63) is 53.6 Å². The average Bonchev–Trinajstić information content (AvgIpc) is 2.23. The normalized spacial score (nSPS) is 9.40. The first-order chi connectivity index (χ1) is 6.79. The monoisotopic (exact) mass is 243 g/mol. The summed E-state index contributed by atoms with van der Waals surface area (Å²) in [5.74, 6) is 0.139. The number of hydrogen-bond acceptors (Lipinski definition) is 1. The zero-order chi connectivity index (χ0) is 9.97. The van der Waals surface area contributed by atoms with Crippen molar-refractivity contribution in [2.24, 2.45) is 0 Å². The van der Waals surface area contributed by atoms with E-state index in [1.807, 2.05) is 42.5 Å². The Labute approximate surface area is 137 Å². The molecular formula is C12H9ClKO. The summed E-state index contributed by atoms with van der Waals surface area (Å²) in [4.78, 5) is 0. The van der Waals surface area contributed by atoms with Gasteiger partial charge >= 0.3 is 0 Å². The summed E-state index contributed by atoms with van der Waals surface area (Å²) in [6.45, 7) is 0. The van der Waals surface area contributed by atoms with Gasteiger partial charge in [0.15, 0.2) is 0 Å². The molecule has 71 valence electrons. The molecule has 2 aromatic carbocycles.